The van der Waals surface area contributed by atoms with Gasteiger partial charge in [0.2, 0.25) is 0 Å². The van der Waals surface area contributed by atoms with Crippen LogP contribution in [0, 0.1) is 6.04 Å². The van der Waals surface area contributed by atoms with E-state index in [-0.39, 0.29) is 0 Å². The summed E-state index contributed by atoms with van der Waals surface area (Å²) in [6.07, 6.45) is 7.49. The minimum atomic E-state index is 0.689. The smallest absolute Gasteiger partial charge is 0.142 e. The Morgan fingerprint density at radius 2 is 1.70 bits per heavy atom. The topological polar surface area (TPSA) is 44.3 Å². The van der Waals surface area contributed by atoms with Crippen molar-refractivity contribution in [1.29, 1.82) is 0 Å². The lowest BCUT2D eigenvalue weighted by molar-refractivity contribution is 0.0815. The molecular weight excluding hydrogens is 334 g/mol. The fourth-order valence-electron chi connectivity index (χ4n) is 4.51. The number of hydrogen-bond acceptors (Lipinski definition) is 5. The number of benzene rings is 1. The van der Waals surface area contributed by atoms with Gasteiger partial charge in [0.25, 0.3) is 0 Å². The van der Waals surface area contributed by atoms with Crippen molar-refractivity contribution < 1.29 is 0 Å². The van der Waals surface area contributed by atoms with Gasteiger partial charge < -0.3 is 5.32 Å². The van der Waals surface area contributed by atoms with Crippen molar-refractivity contribution >= 4 is 0 Å². The zero-order chi connectivity index (χ0) is 18.1. The van der Waals surface area contributed by atoms with E-state index >= 15 is 0 Å². The van der Waals surface area contributed by atoms with Crippen molar-refractivity contribution in [1.82, 2.24) is 25.1 Å². The largest absolute Gasteiger partial charge is 0.311 e. The lowest BCUT2D eigenvalue weighted by Gasteiger charge is -2.46. The third-order valence-corrected chi connectivity index (χ3v) is 6.21. The van der Waals surface area contributed by atoms with Crippen LogP contribution in [0.3, 0.4) is 0 Å². The number of rotatable bonds is 6. The fourth-order valence-corrected chi connectivity index (χ4v) is 4.51. The maximum absolute atomic E-state index is 4.33. The SMILES string of the molecule is c1ccc([C@@H]2C[C@H]2NC2CCN([C]3CN(Cc4ncccn4)C3)CC2)cc1. The lowest BCUT2D eigenvalue weighted by Crippen LogP contribution is -2.55. The molecule has 1 aromatic carbocycles. The van der Waals surface area contributed by atoms with Gasteiger partial charge in [-0.2, -0.15) is 0 Å². The molecule has 2 saturated heterocycles. The third kappa shape index (κ3) is 4.05. The molecule has 3 fully saturated rings. The summed E-state index contributed by atoms with van der Waals surface area (Å²) >= 11 is 0. The lowest BCUT2D eigenvalue weighted by atomic mass is 9.99. The molecule has 5 nitrogen and oxygen atoms in total. The van der Waals surface area contributed by atoms with Crippen molar-refractivity contribution in [3.05, 3.63) is 66.2 Å². The van der Waals surface area contributed by atoms with Gasteiger partial charge >= 0.3 is 0 Å². The normalized spacial score (nSPS) is 27.4. The molecule has 2 atom stereocenters. The summed E-state index contributed by atoms with van der Waals surface area (Å²) < 4.78 is 0. The van der Waals surface area contributed by atoms with Gasteiger partial charge in [0.05, 0.1) is 12.6 Å². The monoisotopic (exact) mass is 362 g/mol. The van der Waals surface area contributed by atoms with Crippen LogP contribution in [-0.2, 0) is 6.54 Å². The first kappa shape index (κ1) is 17.3. The van der Waals surface area contributed by atoms with Crippen LogP contribution in [0.25, 0.3) is 0 Å². The number of aromatic nitrogens is 2. The number of likely N-dealkylation sites (tertiary alicyclic amines) is 2. The van der Waals surface area contributed by atoms with Crippen molar-refractivity contribution in [2.75, 3.05) is 26.2 Å². The van der Waals surface area contributed by atoms with Crippen LogP contribution in [0.1, 0.15) is 36.6 Å². The first-order valence-electron chi connectivity index (χ1n) is 10.2. The van der Waals surface area contributed by atoms with Crippen LogP contribution in [0.2, 0.25) is 0 Å². The van der Waals surface area contributed by atoms with Gasteiger partial charge in [-0.25, -0.2) is 9.97 Å². The van der Waals surface area contributed by atoms with Crippen molar-refractivity contribution in [3.8, 4) is 0 Å². The molecule has 1 N–H and O–H groups in total. The molecule has 1 aliphatic carbocycles. The summed E-state index contributed by atoms with van der Waals surface area (Å²) in [5.41, 5.74) is 1.50. The van der Waals surface area contributed by atoms with Crippen LogP contribution in [0.5, 0.6) is 0 Å². The standard InChI is InChI=1S/C22H28N5/c1-2-5-17(6-3-1)20-13-21(20)25-18-7-11-27(12-8-18)19-14-26(15-19)16-22-23-9-4-10-24-22/h1-6,9-10,18,20-21,25H,7-8,11-16H2/t20-,21+/m0/s1. The van der Waals surface area contributed by atoms with E-state index in [1.165, 1.54) is 37.9 Å². The molecule has 2 aliphatic heterocycles. The summed E-state index contributed by atoms with van der Waals surface area (Å²) in [5, 5.41) is 3.92. The fraction of sp³-hybridized carbons (Fsp3) is 0.500. The van der Waals surface area contributed by atoms with Gasteiger partial charge in [0.1, 0.15) is 5.82 Å². The molecule has 1 radical (unpaired) electrons. The van der Waals surface area contributed by atoms with E-state index in [9.17, 15) is 0 Å². The maximum atomic E-state index is 4.33. The highest BCUT2D eigenvalue weighted by Crippen LogP contribution is 2.41. The van der Waals surface area contributed by atoms with E-state index in [2.05, 4.69) is 55.4 Å². The van der Waals surface area contributed by atoms with Crippen LogP contribution in [0.4, 0.5) is 0 Å². The van der Waals surface area contributed by atoms with Crippen LogP contribution in [-0.4, -0.2) is 58.0 Å². The molecule has 2 aromatic rings. The summed E-state index contributed by atoms with van der Waals surface area (Å²) in [6, 6.07) is 15.8. The van der Waals surface area contributed by atoms with Gasteiger partial charge in [-0.1, -0.05) is 30.3 Å². The molecule has 5 rings (SSSR count). The second-order valence-electron chi connectivity index (χ2n) is 8.16. The van der Waals surface area contributed by atoms with Gasteiger partial charge in [-0.3, -0.25) is 9.80 Å². The Morgan fingerprint density at radius 3 is 2.44 bits per heavy atom. The number of piperidine rings is 1. The van der Waals surface area contributed by atoms with Gasteiger partial charge in [0, 0.05) is 56.6 Å². The summed E-state index contributed by atoms with van der Waals surface area (Å²) in [7, 11) is 0. The minimum Gasteiger partial charge on any atom is -0.311 e. The van der Waals surface area contributed by atoms with Crippen LogP contribution in [0.15, 0.2) is 48.8 Å². The predicted molar refractivity (Wildman–Crippen MR) is 106 cm³/mol. The highest BCUT2D eigenvalue weighted by Gasteiger charge is 2.40. The zero-order valence-corrected chi connectivity index (χ0v) is 15.8. The van der Waals surface area contributed by atoms with Crippen molar-refractivity contribution in [3.63, 3.8) is 0 Å². The molecule has 0 unspecified atom stereocenters. The Labute approximate surface area is 161 Å². The molecular formula is C22H28N5. The molecule has 3 aliphatic rings. The molecule has 1 saturated carbocycles. The van der Waals surface area contributed by atoms with E-state index < -0.39 is 0 Å². The van der Waals surface area contributed by atoms with Gasteiger partial charge in [-0.05, 0) is 30.9 Å². The summed E-state index contributed by atoms with van der Waals surface area (Å²) in [5.74, 6) is 1.66. The second-order valence-corrected chi connectivity index (χ2v) is 8.16. The Morgan fingerprint density at radius 1 is 0.963 bits per heavy atom. The van der Waals surface area contributed by atoms with Crippen molar-refractivity contribution in [2.24, 2.45) is 0 Å². The van der Waals surface area contributed by atoms with E-state index in [0.29, 0.717) is 12.1 Å². The Kier molecular flexibility index (Phi) is 4.91. The molecule has 0 spiro atoms. The highest BCUT2D eigenvalue weighted by atomic mass is 15.3. The average molecular weight is 363 g/mol. The maximum Gasteiger partial charge on any atom is 0.142 e. The molecule has 5 heteroatoms. The number of hydrogen-bond donors (Lipinski definition) is 1. The minimum absolute atomic E-state index is 0.689. The Balaban J connectivity index is 1.02. The third-order valence-electron chi connectivity index (χ3n) is 6.21. The molecule has 1 aromatic heterocycles. The summed E-state index contributed by atoms with van der Waals surface area (Å²) in [4.78, 5) is 13.7. The average Bonchev–Trinajstić information content (AvgIpc) is 3.46. The molecule has 3 heterocycles. The van der Waals surface area contributed by atoms with E-state index in [1.807, 2.05) is 18.5 Å². The quantitative estimate of drug-likeness (QED) is 0.855. The van der Waals surface area contributed by atoms with Crippen molar-refractivity contribution in [2.45, 2.75) is 43.8 Å². The van der Waals surface area contributed by atoms with E-state index in [1.54, 1.807) is 6.04 Å². The van der Waals surface area contributed by atoms with Crippen LogP contribution >= 0.6 is 0 Å². The molecule has 141 valence electrons. The second kappa shape index (κ2) is 7.66. The molecule has 0 amide bonds. The van der Waals surface area contributed by atoms with Gasteiger partial charge in [0.15, 0.2) is 0 Å². The zero-order valence-electron chi connectivity index (χ0n) is 15.8. The predicted octanol–water partition coefficient (Wildman–Crippen LogP) is 2.43. The van der Waals surface area contributed by atoms with E-state index in [4.69, 9.17) is 0 Å². The first-order chi connectivity index (χ1) is 13.3. The highest BCUT2D eigenvalue weighted by molar-refractivity contribution is 5.27. The molecule has 27 heavy (non-hydrogen) atoms. The van der Waals surface area contributed by atoms with Gasteiger partial charge in [-0.15, -0.1) is 0 Å². The summed E-state index contributed by atoms with van der Waals surface area (Å²) in [6.45, 7) is 5.42. The Bertz CT molecular complexity index is 723. The molecule has 0 bridgehead atoms. The number of nitrogens with zero attached hydrogens (tertiary/aromatic N) is 4. The van der Waals surface area contributed by atoms with Crippen LogP contribution < -0.4 is 5.32 Å². The first-order valence-corrected chi connectivity index (χ1v) is 10.2. The van der Waals surface area contributed by atoms with E-state index in [0.717, 1.165) is 31.4 Å². The number of nitrogens with one attached hydrogen (secondary N) is 1. The Hall–Kier alpha value is -1.82.